The van der Waals surface area contributed by atoms with Crippen LogP contribution in [0.3, 0.4) is 0 Å². The fourth-order valence-corrected chi connectivity index (χ4v) is 5.12. The summed E-state index contributed by atoms with van der Waals surface area (Å²) in [6, 6.07) is 13.8. The second-order valence-electron chi connectivity index (χ2n) is 8.04. The predicted molar refractivity (Wildman–Crippen MR) is 124 cm³/mol. The third-order valence-corrected chi connectivity index (χ3v) is 7.16. The third kappa shape index (κ3) is 4.50. The van der Waals surface area contributed by atoms with E-state index >= 15 is 0 Å². The molecular formula is C24H21N3O7S. The number of nitrogens with zero attached hydrogens (tertiary/aromatic N) is 2. The number of anilines is 1. The number of rotatable bonds is 5. The van der Waals surface area contributed by atoms with Crippen molar-refractivity contribution in [3.8, 4) is 11.5 Å². The van der Waals surface area contributed by atoms with Gasteiger partial charge in [0.2, 0.25) is 0 Å². The van der Waals surface area contributed by atoms with Crippen molar-refractivity contribution in [3.63, 3.8) is 0 Å². The molecule has 1 aromatic heterocycles. The summed E-state index contributed by atoms with van der Waals surface area (Å²) in [6.45, 7) is 1.23. The minimum absolute atomic E-state index is 0.0266. The molecule has 5 rings (SSSR count). The molecule has 0 fully saturated rings. The van der Waals surface area contributed by atoms with Crippen LogP contribution < -0.4 is 14.2 Å². The molecule has 0 bridgehead atoms. The maximum atomic E-state index is 13.4. The summed E-state index contributed by atoms with van der Waals surface area (Å²) in [7, 11) is -4.03. The molecule has 0 saturated carbocycles. The zero-order chi connectivity index (χ0) is 24.6. The van der Waals surface area contributed by atoms with Gasteiger partial charge in [-0.05, 0) is 42.3 Å². The van der Waals surface area contributed by atoms with Gasteiger partial charge in [-0.25, -0.2) is 18.2 Å². The number of aromatic carboxylic acids is 1. The Morgan fingerprint density at radius 3 is 2.57 bits per heavy atom. The fourth-order valence-electron chi connectivity index (χ4n) is 4.03. The van der Waals surface area contributed by atoms with Gasteiger partial charge in [-0.2, -0.15) is 0 Å². The molecule has 2 aliphatic rings. The average Bonchev–Trinajstić information content (AvgIpc) is 2.87. The van der Waals surface area contributed by atoms with Crippen LogP contribution in [0.2, 0.25) is 0 Å². The molecule has 180 valence electrons. The van der Waals surface area contributed by atoms with Crippen LogP contribution in [0.25, 0.3) is 0 Å². The number of ether oxygens (including phenoxy) is 2. The van der Waals surface area contributed by atoms with Gasteiger partial charge in [-0.3, -0.25) is 9.52 Å². The molecular weight excluding hydrogens is 474 g/mol. The Morgan fingerprint density at radius 2 is 1.77 bits per heavy atom. The van der Waals surface area contributed by atoms with Gasteiger partial charge in [0.1, 0.15) is 18.9 Å². The molecule has 0 aliphatic carbocycles. The highest BCUT2D eigenvalue weighted by Crippen LogP contribution is 2.33. The minimum atomic E-state index is -4.03. The molecule has 10 nitrogen and oxygen atoms in total. The van der Waals surface area contributed by atoms with Gasteiger partial charge in [0, 0.05) is 12.6 Å². The zero-order valence-corrected chi connectivity index (χ0v) is 19.2. The number of fused-ring (bicyclic) bond motifs is 2. The Kier molecular flexibility index (Phi) is 5.77. The number of carboxylic acid groups (broad SMARTS) is 1. The number of nitrogens with one attached hydrogen (secondary N) is 1. The number of carbonyl (C=O) groups excluding carboxylic acids is 1. The molecule has 2 aliphatic heterocycles. The molecule has 0 radical (unpaired) electrons. The van der Waals surface area contributed by atoms with Gasteiger partial charge in [0.25, 0.3) is 15.9 Å². The smallest absolute Gasteiger partial charge is 0.354 e. The first-order valence-electron chi connectivity index (χ1n) is 10.8. The van der Waals surface area contributed by atoms with Gasteiger partial charge in [0.15, 0.2) is 11.5 Å². The van der Waals surface area contributed by atoms with Crippen LogP contribution in [-0.4, -0.2) is 55.0 Å². The summed E-state index contributed by atoms with van der Waals surface area (Å²) in [5, 5.41) is 9.22. The lowest BCUT2D eigenvalue weighted by molar-refractivity contribution is 0.0689. The number of carbonyl (C=O) groups is 2. The Bertz CT molecular complexity index is 1440. The lowest BCUT2D eigenvalue weighted by Crippen LogP contribution is -2.37. The Labute approximate surface area is 201 Å². The number of benzene rings is 2. The first-order valence-corrected chi connectivity index (χ1v) is 12.3. The van der Waals surface area contributed by atoms with Crippen molar-refractivity contribution in [2.75, 3.05) is 24.5 Å². The summed E-state index contributed by atoms with van der Waals surface area (Å²) in [5.74, 6) is -0.728. The normalized spacial score (nSPS) is 14.7. The summed E-state index contributed by atoms with van der Waals surface area (Å²) in [5.41, 5.74) is 1.60. The second-order valence-corrected chi connectivity index (χ2v) is 9.72. The second kappa shape index (κ2) is 8.91. The van der Waals surface area contributed by atoms with Crippen molar-refractivity contribution >= 4 is 27.6 Å². The van der Waals surface area contributed by atoms with Crippen LogP contribution >= 0.6 is 0 Å². The Hall–Kier alpha value is -4.12. The third-order valence-electron chi connectivity index (χ3n) is 5.79. The van der Waals surface area contributed by atoms with Crippen LogP contribution in [0.5, 0.6) is 11.5 Å². The van der Waals surface area contributed by atoms with Crippen LogP contribution in [0.1, 0.15) is 32.1 Å². The van der Waals surface area contributed by atoms with Gasteiger partial charge in [-0.1, -0.05) is 18.2 Å². The maximum absolute atomic E-state index is 13.4. The maximum Gasteiger partial charge on any atom is 0.354 e. The quantitative estimate of drug-likeness (QED) is 0.551. The molecule has 0 unspecified atom stereocenters. The number of amides is 1. The van der Waals surface area contributed by atoms with Crippen molar-refractivity contribution in [2.45, 2.75) is 17.9 Å². The summed E-state index contributed by atoms with van der Waals surface area (Å²) < 4.78 is 39.6. The van der Waals surface area contributed by atoms with Crippen molar-refractivity contribution in [1.82, 2.24) is 9.88 Å². The molecule has 2 N–H and O–H groups in total. The largest absolute Gasteiger partial charge is 0.486 e. The summed E-state index contributed by atoms with van der Waals surface area (Å²) >= 11 is 0. The number of aromatic nitrogens is 1. The first kappa shape index (κ1) is 22.7. The van der Waals surface area contributed by atoms with E-state index in [9.17, 15) is 23.1 Å². The minimum Gasteiger partial charge on any atom is -0.486 e. The van der Waals surface area contributed by atoms with E-state index < -0.39 is 21.9 Å². The molecule has 0 spiro atoms. The fraction of sp³-hybridized carbons (Fsp3) is 0.208. The van der Waals surface area contributed by atoms with Gasteiger partial charge >= 0.3 is 5.97 Å². The number of carboxylic acids is 1. The van der Waals surface area contributed by atoms with Crippen LogP contribution in [-0.2, 0) is 23.0 Å². The van der Waals surface area contributed by atoms with Crippen molar-refractivity contribution in [2.24, 2.45) is 0 Å². The average molecular weight is 496 g/mol. The molecule has 0 saturated heterocycles. The van der Waals surface area contributed by atoms with E-state index in [4.69, 9.17) is 9.47 Å². The highest BCUT2D eigenvalue weighted by atomic mass is 32.2. The van der Waals surface area contributed by atoms with Crippen LogP contribution in [0.15, 0.2) is 59.5 Å². The van der Waals surface area contributed by atoms with E-state index in [2.05, 4.69) is 9.71 Å². The molecule has 3 aromatic rings. The number of pyridine rings is 1. The van der Waals surface area contributed by atoms with E-state index in [1.165, 1.54) is 35.2 Å². The summed E-state index contributed by atoms with van der Waals surface area (Å²) in [6.07, 6.45) is 0.513. The number of hydrogen-bond acceptors (Lipinski definition) is 7. The van der Waals surface area contributed by atoms with Gasteiger partial charge in [-0.15, -0.1) is 0 Å². The van der Waals surface area contributed by atoms with Gasteiger partial charge in [0.05, 0.1) is 28.4 Å². The molecule has 11 heteroatoms. The van der Waals surface area contributed by atoms with E-state index in [0.29, 0.717) is 43.4 Å². The number of para-hydroxylation sites is 1. The monoisotopic (exact) mass is 495 g/mol. The lowest BCUT2D eigenvalue weighted by Gasteiger charge is -2.29. The predicted octanol–water partition coefficient (Wildman–Crippen LogP) is 2.55. The lowest BCUT2D eigenvalue weighted by atomic mass is 10.0. The van der Waals surface area contributed by atoms with E-state index in [-0.39, 0.29) is 28.4 Å². The van der Waals surface area contributed by atoms with Crippen molar-refractivity contribution in [3.05, 3.63) is 77.1 Å². The van der Waals surface area contributed by atoms with Gasteiger partial charge < -0.3 is 19.5 Å². The van der Waals surface area contributed by atoms with E-state index in [0.717, 1.165) is 5.56 Å². The zero-order valence-electron chi connectivity index (χ0n) is 18.4. The van der Waals surface area contributed by atoms with Crippen LogP contribution in [0, 0.1) is 0 Å². The van der Waals surface area contributed by atoms with Crippen LogP contribution in [0.4, 0.5) is 5.69 Å². The number of hydrogen-bond donors (Lipinski definition) is 2. The highest BCUT2D eigenvalue weighted by molar-refractivity contribution is 7.92. The molecule has 0 atom stereocenters. The Balaban J connectivity index is 1.40. The first-order chi connectivity index (χ1) is 16.8. The van der Waals surface area contributed by atoms with Crippen molar-refractivity contribution in [1.29, 1.82) is 0 Å². The van der Waals surface area contributed by atoms with E-state index in [1.54, 1.807) is 24.3 Å². The highest BCUT2D eigenvalue weighted by Gasteiger charge is 2.27. The summed E-state index contributed by atoms with van der Waals surface area (Å²) in [4.78, 5) is 30.3. The topological polar surface area (TPSA) is 135 Å². The SMILES string of the molecule is O=C(O)c1ccc2c(n1)CN(C(=O)c1ccccc1NS(=O)(=O)c1ccc3c(c1)OCCO3)CC2. The molecule has 35 heavy (non-hydrogen) atoms. The van der Waals surface area contributed by atoms with E-state index in [1.807, 2.05) is 0 Å². The van der Waals surface area contributed by atoms with Crippen molar-refractivity contribution < 1.29 is 32.6 Å². The number of sulfonamides is 1. The Morgan fingerprint density at radius 1 is 1.00 bits per heavy atom. The standard InChI is InChI=1S/C24H21N3O7S/c28-23(27-10-9-15-5-7-19(24(29)30)25-20(15)14-27)17-3-1-2-4-18(17)26-35(31,32)16-6-8-21-22(13-16)34-12-11-33-21/h1-8,13,26H,9-12,14H2,(H,29,30). The molecule has 1 amide bonds. The molecule has 3 heterocycles. The molecule has 2 aromatic carbocycles.